The molecule has 1 heterocycles. The fraction of sp³-hybridized carbons (Fsp3) is 0.333. The molecule has 2 N–H and O–H groups in total. The van der Waals surface area contributed by atoms with E-state index in [0.29, 0.717) is 0 Å². The fourth-order valence-electron chi connectivity index (χ4n) is 1.59. The quantitative estimate of drug-likeness (QED) is 0.872. The maximum Gasteiger partial charge on any atom is 0.203 e. The number of aromatic nitrogens is 2. The van der Waals surface area contributed by atoms with Crippen molar-refractivity contribution in [3.05, 3.63) is 41.7 Å². The number of aryl methyl sites for hydroxylation is 1. The van der Waals surface area contributed by atoms with Gasteiger partial charge in [0.25, 0.3) is 0 Å². The molecule has 0 amide bonds. The lowest BCUT2D eigenvalue weighted by molar-refractivity contribution is 0.224. The van der Waals surface area contributed by atoms with Crippen molar-refractivity contribution in [1.29, 1.82) is 0 Å². The van der Waals surface area contributed by atoms with E-state index in [-0.39, 0.29) is 6.61 Å². The van der Waals surface area contributed by atoms with Crippen LogP contribution >= 0.6 is 11.5 Å². The van der Waals surface area contributed by atoms with Gasteiger partial charge in [-0.3, -0.25) is 0 Å². The van der Waals surface area contributed by atoms with Crippen LogP contribution < -0.4 is 5.32 Å². The second kappa shape index (κ2) is 4.81. The van der Waals surface area contributed by atoms with Crippen molar-refractivity contribution in [2.75, 3.05) is 11.9 Å². The number of rotatable bonds is 4. The Morgan fingerprint density at radius 2 is 2.06 bits per heavy atom. The van der Waals surface area contributed by atoms with Gasteiger partial charge in [-0.05, 0) is 19.4 Å². The fourth-order valence-corrected chi connectivity index (χ4v) is 2.30. The van der Waals surface area contributed by atoms with E-state index in [9.17, 15) is 5.11 Å². The molecule has 0 saturated heterocycles. The van der Waals surface area contributed by atoms with Crippen LogP contribution in [0.25, 0.3) is 0 Å². The summed E-state index contributed by atoms with van der Waals surface area (Å²) in [5.41, 5.74) is 0.489. The third-order valence-electron chi connectivity index (χ3n) is 2.64. The van der Waals surface area contributed by atoms with Gasteiger partial charge in [0.15, 0.2) is 0 Å². The summed E-state index contributed by atoms with van der Waals surface area (Å²) in [4.78, 5) is 4.25. The van der Waals surface area contributed by atoms with E-state index in [4.69, 9.17) is 0 Å². The van der Waals surface area contributed by atoms with Crippen LogP contribution in [0.2, 0.25) is 0 Å². The number of aliphatic hydroxyl groups is 1. The second-order valence-electron chi connectivity index (χ2n) is 4.13. The molecule has 1 aromatic heterocycles. The topological polar surface area (TPSA) is 58.0 Å². The molecule has 0 aliphatic heterocycles. The number of aliphatic hydroxyl groups excluding tert-OH is 1. The number of hydrogen-bond donors (Lipinski definition) is 2. The van der Waals surface area contributed by atoms with Crippen LogP contribution in [0.1, 0.15) is 18.3 Å². The molecule has 0 spiro atoms. The van der Waals surface area contributed by atoms with Gasteiger partial charge in [0.05, 0.1) is 12.1 Å². The summed E-state index contributed by atoms with van der Waals surface area (Å²) < 4.78 is 4.12. The molecule has 0 fully saturated rings. The summed E-state index contributed by atoms with van der Waals surface area (Å²) >= 11 is 1.30. The lowest BCUT2D eigenvalue weighted by Crippen LogP contribution is -2.35. The summed E-state index contributed by atoms with van der Waals surface area (Å²) in [6.07, 6.45) is 0. The Morgan fingerprint density at radius 1 is 1.35 bits per heavy atom. The zero-order valence-electron chi connectivity index (χ0n) is 9.84. The van der Waals surface area contributed by atoms with Gasteiger partial charge < -0.3 is 10.4 Å². The molecule has 1 atom stereocenters. The Labute approximate surface area is 105 Å². The summed E-state index contributed by atoms with van der Waals surface area (Å²) in [6.45, 7) is 3.79. The smallest absolute Gasteiger partial charge is 0.203 e. The van der Waals surface area contributed by atoms with Crippen LogP contribution in [0.15, 0.2) is 30.3 Å². The molecule has 2 aromatic rings. The molecule has 0 aliphatic carbocycles. The van der Waals surface area contributed by atoms with E-state index in [1.54, 1.807) is 0 Å². The highest BCUT2D eigenvalue weighted by atomic mass is 32.1. The average Bonchev–Trinajstić information content (AvgIpc) is 2.75. The third kappa shape index (κ3) is 2.62. The zero-order valence-corrected chi connectivity index (χ0v) is 10.7. The van der Waals surface area contributed by atoms with E-state index in [2.05, 4.69) is 14.7 Å². The highest BCUT2D eigenvalue weighted by molar-refractivity contribution is 7.09. The number of anilines is 1. The largest absolute Gasteiger partial charge is 0.394 e. The minimum atomic E-state index is -0.534. The van der Waals surface area contributed by atoms with Crippen molar-refractivity contribution in [2.24, 2.45) is 0 Å². The number of nitrogens with one attached hydrogen (secondary N) is 1. The molecule has 0 aliphatic rings. The average molecular weight is 249 g/mol. The van der Waals surface area contributed by atoms with Crippen molar-refractivity contribution in [2.45, 2.75) is 19.4 Å². The molecule has 1 unspecified atom stereocenters. The molecule has 90 valence electrons. The first kappa shape index (κ1) is 12.0. The number of nitrogens with zero attached hydrogens (tertiary/aromatic N) is 2. The van der Waals surface area contributed by atoms with Crippen LogP contribution in [0.5, 0.6) is 0 Å². The van der Waals surface area contributed by atoms with Crippen LogP contribution in [0.3, 0.4) is 0 Å². The zero-order chi connectivity index (χ0) is 12.3. The molecular weight excluding hydrogens is 234 g/mol. The summed E-state index contributed by atoms with van der Waals surface area (Å²) in [5.74, 6) is 0.742. The van der Waals surface area contributed by atoms with Gasteiger partial charge in [0.1, 0.15) is 5.82 Å². The highest BCUT2D eigenvalue weighted by Crippen LogP contribution is 2.26. The molecule has 5 heteroatoms. The van der Waals surface area contributed by atoms with Crippen LogP contribution in [-0.4, -0.2) is 21.1 Å². The SMILES string of the molecule is Cc1nsc(NC(C)(CO)c2ccccc2)n1. The minimum absolute atomic E-state index is 0.00432. The summed E-state index contributed by atoms with van der Waals surface area (Å²) in [5, 5.41) is 13.6. The molecule has 4 nitrogen and oxygen atoms in total. The van der Waals surface area contributed by atoms with Gasteiger partial charge in [-0.1, -0.05) is 30.3 Å². The lowest BCUT2D eigenvalue weighted by atomic mass is 9.93. The molecule has 2 rings (SSSR count). The predicted octanol–water partition coefficient (Wildman–Crippen LogP) is 2.17. The Kier molecular flexibility index (Phi) is 3.40. The standard InChI is InChI=1S/C12H15N3OS/c1-9-13-11(17-15-9)14-12(2,8-16)10-6-4-3-5-7-10/h3-7,16H,8H2,1-2H3,(H,13,14,15). The van der Waals surface area contributed by atoms with Gasteiger partial charge in [-0.25, -0.2) is 4.98 Å². The molecule has 0 bridgehead atoms. The second-order valence-corrected chi connectivity index (χ2v) is 4.88. The first-order valence-corrected chi connectivity index (χ1v) is 6.16. The summed E-state index contributed by atoms with van der Waals surface area (Å²) in [6, 6.07) is 9.83. The maximum absolute atomic E-state index is 9.60. The minimum Gasteiger partial charge on any atom is -0.394 e. The molecule has 0 saturated carbocycles. The van der Waals surface area contributed by atoms with Gasteiger partial charge in [0.2, 0.25) is 5.13 Å². The lowest BCUT2D eigenvalue weighted by Gasteiger charge is -2.28. The first-order valence-electron chi connectivity index (χ1n) is 5.39. The van der Waals surface area contributed by atoms with Gasteiger partial charge in [0, 0.05) is 11.5 Å². The Morgan fingerprint density at radius 3 is 2.59 bits per heavy atom. The van der Waals surface area contributed by atoms with Crippen molar-refractivity contribution in [3.8, 4) is 0 Å². The maximum atomic E-state index is 9.60. The first-order chi connectivity index (χ1) is 8.14. The van der Waals surface area contributed by atoms with E-state index in [1.807, 2.05) is 44.2 Å². The van der Waals surface area contributed by atoms with Gasteiger partial charge >= 0.3 is 0 Å². The number of benzene rings is 1. The predicted molar refractivity (Wildman–Crippen MR) is 69.1 cm³/mol. The van der Waals surface area contributed by atoms with Gasteiger partial charge in [-0.15, -0.1) is 0 Å². The van der Waals surface area contributed by atoms with E-state index in [0.717, 1.165) is 16.5 Å². The Bertz CT molecular complexity index is 486. The van der Waals surface area contributed by atoms with Crippen molar-refractivity contribution in [1.82, 2.24) is 9.36 Å². The van der Waals surface area contributed by atoms with E-state index < -0.39 is 5.54 Å². The van der Waals surface area contributed by atoms with E-state index in [1.165, 1.54) is 11.5 Å². The third-order valence-corrected chi connectivity index (χ3v) is 3.36. The van der Waals surface area contributed by atoms with E-state index >= 15 is 0 Å². The Hall–Kier alpha value is -1.46. The Balaban J connectivity index is 2.26. The van der Waals surface area contributed by atoms with Crippen LogP contribution in [0.4, 0.5) is 5.13 Å². The highest BCUT2D eigenvalue weighted by Gasteiger charge is 2.26. The molecule has 17 heavy (non-hydrogen) atoms. The molecule has 0 radical (unpaired) electrons. The van der Waals surface area contributed by atoms with Crippen molar-refractivity contribution < 1.29 is 5.11 Å². The van der Waals surface area contributed by atoms with Crippen LogP contribution in [0, 0.1) is 6.92 Å². The van der Waals surface area contributed by atoms with Gasteiger partial charge in [-0.2, -0.15) is 4.37 Å². The van der Waals surface area contributed by atoms with Crippen molar-refractivity contribution in [3.63, 3.8) is 0 Å². The summed E-state index contributed by atoms with van der Waals surface area (Å²) in [7, 11) is 0. The monoisotopic (exact) mass is 249 g/mol. The van der Waals surface area contributed by atoms with Crippen molar-refractivity contribution >= 4 is 16.7 Å². The molecular formula is C12H15N3OS. The van der Waals surface area contributed by atoms with Crippen LogP contribution in [-0.2, 0) is 5.54 Å². The molecule has 1 aromatic carbocycles. The number of hydrogen-bond acceptors (Lipinski definition) is 5. The normalized spacial score (nSPS) is 14.3.